The van der Waals surface area contributed by atoms with Crippen LogP contribution in [-0.4, -0.2) is 42.2 Å². The molecule has 5 nitrogen and oxygen atoms in total. The first-order chi connectivity index (χ1) is 9.58. The third-order valence-electron chi connectivity index (χ3n) is 4.36. The summed E-state index contributed by atoms with van der Waals surface area (Å²) in [4.78, 5) is 18.5. The number of aromatic nitrogens is 1. The molecule has 0 radical (unpaired) electrons. The highest BCUT2D eigenvalue weighted by Crippen LogP contribution is 2.39. The fraction of sp³-hybridized carbons (Fsp3) is 0.600. The summed E-state index contributed by atoms with van der Waals surface area (Å²) in [6.07, 6.45) is 2.14. The predicted octanol–water partition coefficient (Wildman–Crippen LogP) is 2.34. The van der Waals surface area contributed by atoms with Gasteiger partial charge in [0.25, 0.3) is 0 Å². The van der Waals surface area contributed by atoms with Crippen LogP contribution in [0, 0.1) is 19.3 Å². The number of amides is 2. The molecule has 2 aliphatic heterocycles. The number of nitrogens with one attached hydrogen (secondary N) is 1. The number of rotatable bonds is 1. The van der Waals surface area contributed by atoms with Gasteiger partial charge < -0.3 is 15.0 Å². The van der Waals surface area contributed by atoms with Gasteiger partial charge in [-0.3, -0.25) is 4.98 Å². The van der Waals surface area contributed by atoms with E-state index in [2.05, 4.69) is 10.3 Å². The maximum absolute atomic E-state index is 12.2. The minimum atomic E-state index is -0.0177. The van der Waals surface area contributed by atoms with Gasteiger partial charge in [-0.1, -0.05) is 0 Å². The van der Waals surface area contributed by atoms with Crippen molar-refractivity contribution >= 4 is 11.7 Å². The second-order valence-corrected chi connectivity index (χ2v) is 5.98. The normalized spacial score (nSPS) is 20.6. The minimum Gasteiger partial charge on any atom is -0.381 e. The van der Waals surface area contributed by atoms with Crippen molar-refractivity contribution in [2.75, 3.05) is 31.6 Å². The first kappa shape index (κ1) is 13.4. The SMILES string of the molecule is Cc1ccc(NC(=O)N2CC3(CCOCC3)C2)c(C)n1. The van der Waals surface area contributed by atoms with Gasteiger partial charge >= 0.3 is 6.03 Å². The van der Waals surface area contributed by atoms with E-state index in [4.69, 9.17) is 4.74 Å². The zero-order valence-electron chi connectivity index (χ0n) is 12.1. The second kappa shape index (κ2) is 5.05. The number of urea groups is 1. The topological polar surface area (TPSA) is 54.5 Å². The Bertz CT molecular complexity index is 516. The number of hydrogen-bond donors (Lipinski definition) is 1. The molecule has 0 bridgehead atoms. The molecule has 0 saturated carbocycles. The summed E-state index contributed by atoms with van der Waals surface area (Å²) < 4.78 is 5.39. The summed E-state index contributed by atoms with van der Waals surface area (Å²) in [7, 11) is 0. The summed E-state index contributed by atoms with van der Waals surface area (Å²) >= 11 is 0. The molecule has 108 valence electrons. The molecule has 0 atom stereocenters. The minimum absolute atomic E-state index is 0.0177. The summed E-state index contributed by atoms with van der Waals surface area (Å²) in [5.41, 5.74) is 2.94. The van der Waals surface area contributed by atoms with Gasteiger partial charge in [-0.15, -0.1) is 0 Å². The Hall–Kier alpha value is -1.62. The molecule has 0 aliphatic carbocycles. The van der Waals surface area contributed by atoms with E-state index in [1.165, 1.54) is 0 Å². The Morgan fingerprint density at radius 3 is 2.65 bits per heavy atom. The zero-order chi connectivity index (χ0) is 14.2. The van der Waals surface area contributed by atoms with E-state index in [1.54, 1.807) is 0 Å². The number of nitrogens with zero attached hydrogens (tertiary/aromatic N) is 2. The van der Waals surface area contributed by atoms with Crippen molar-refractivity contribution in [1.29, 1.82) is 0 Å². The van der Waals surface area contributed by atoms with Crippen molar-refractivity contribution in [3.05, 3.63) is 23.5 Å². The Morgan fingerprint density at radius 1 is 1.30 bits per heavy atom. The van der Waals surface area contributed by atoms with Crippen LogP contribution in [0.25, 0.3) is 0 Å². The first-order valence-electron chi connectivity index (χ1n) is 7.16. The van der Waals surface area contributed by atoms with Gasteiger partial charge in [0, 0.05) is 37.4 Å². The molecule has 5 heteroatoms. The fourth-order valence-corrected chi connectivity index (χ4v) is 3.04. The van der Waals surface area contributed by atoms with Crippen LogP contribution in [-0.2, 0) is 4.74 Å². The highest BCUT2D eigenvalue weighted by molar-refractivity contribution is 5.90. The number of likely N-dealkylation sites (tertiary alicyclic amines) is 1. The van der Waals surface area contributed by atoms with Crippen LogP contribution >= 0.6 is 0 Å². The van der Waals surface area contributed by atoms with Gasteiger partial charge in [-0.25, -0.2) is 4.79 Å². The quantitative estimate of drug-likeness (QED) is 0.856. The average Bonchev–Trinajstić information content (AvgIpc) is 2.40. The van der Waals surface area contributed by atoms with Crippen LogP contribution < -0.4 is 5.32 Å². The Balaban J connectivity index is 1.58. The Kier molecular flexibility index (Phi) is 3.38. The molecular formula is C15H21N3O2. The Labute approximate surface area is 119 Å². The van der Waals surface area contributed by atoms with Gasteiger partial charge in [0.05, 0.1) is 11.4 Å². The molecule has 0 aromatic carbocycles. The second-order valence-electron chi connectivity index (χ2n) is 5.98. The first-order valence-corrected chi connectivity index (χ1v) is 7.16. The molecule has 0 unspecified atom stereocenters. The van der Waals surface area contributed by atoms with Crippen molar-refractivity contribution in [2.45, 2.75) is 26.7 Å². The van der Waals surface area contributed by atoms with Gasteiger partial charge in [0.15, 0.2) is 0 Å². The number of ether oxygens (including phenoxy) is 1. The van der Waals surface area contributed by atoms with Crippen molar-refractivity contribution in [1.82, 2.24) is 9.88 Å². The third-order valence-corrected chi connectivity index (χ3v) is 4.36. The Morgan fingerprint density at radius 2 is 2.00 bits per heavy atom. The fourth-order valence-electron chi connectivity index (χ4n) is 3.04. The van der Waals surface area contributed by atoms with E-state index >= 15 is 0 Å². The number of carbonyl (C=O) groups excluding carboxylic acids is 1. The average molecular weight is 275 g/mol. The monoisotopic (exact) mass is 275 g/mol. The lowest BCUT2D eigenvalue weighted by Crippen LogP contribution is -2.61. The third kappa shape index (κ3) is 2.50. The van der Waals surface area contributed by atoms with Crippen molar-refractivity contribution in [3.63, 3.8) is 0 Å². The molecule has 3 heterocycles. The van der Waals surface area contributed by atoms with Crippen molar-refractivity contribution in [2.24, 2.45) is 5.41 Å². The maximum atomic E-state index is 12.2. The summed E-state index contributed by atoms with van der Waals surface area (Å²) in [6, 6.07) is 3.81. The highest BCUT2D eigenvalue weighted by Gasteiger charge is 2.45. The highest BCUT2D eigenvalue weighted by atomic mass is 16.5. The van der Waals surface area contributed by atoms with E-state index in [0.29, 0.717) is 5.41 Å². The van der Waals surface area contributed by atoms with Crippen LogP contribution in [0.3, 0.4) is 0 Å². The summed E-state index contributed by atoms with van der Waals surface area (Å²) in [5, 5.41) is 2.95. The number of anilines is 1. The predicted molar refractivity (Wildman–Crippen MR) is 76.8 cm³/mol. The smallest absolute Gasteiger partial charge is 0.321 e. The molecule has 1 aromatic heterocycles. The van der Waals surface area contributed by atoms with E-state index < -0.39 is 0 Å². The lowest BCUT2D eigenvalue weighted by atomic mass is 9.73. The molecule has 2 fully saturated rings. The zero-order valence-corrected chi connectivity index (χ0v) is 12.1. The molecule has 20 heavy (non-hydrogen) atoms. The van der Waals surface area contributed by atoms with Crippen molar-refractivity contribution < 1.29 is 9.53 Å². The van der Waals surface area contributed by atoms with Crippen LogP contribution in [0.5, 0.6) is 0 Å². The lowest BCUT2D eigenvalue weighted by Gasteiger charge is -2.51. The maximum Gasteiger partial charge on any atom is 0.321 e. The molecule has 3 rings (SSSR count). The molecule has 2 saturated heterocycles. The van der Waals surface area contributed by atoms with Gasteiger partial charge in [0.1, 0.15) is 0 Å². The summed E-state index contributed by atoms with van der Waals surface area (Å²) in [5.74, 6) is 0. The van der Waals surface area contributed by atoms with Crippen LogP contribution in [0.1, 0.15) is 24.2 Å². The van der Waals surface area contributed by atoms with Gasteiger partial charge in [0.2, 0.25) is 0 Å². The van der Waals surface area contributed by atoms with Crippen molar-refractivity contribution in [3.8, 4) is 0 Å². The van der Waals surface area contributed by atoms with Gasteiger partial charge in [-0.2, -0.15) is 0 Å². The summed E-state index contributed by atoms with van der Waals surface area (Å²) in [6.45, 7) is 7.22. The largest absolute Gasteiger partial charge is 0.381 e. The van der Waals surface area contributed by atoms with Crippen LogP contribution in [0.15, 0.2) is 12.1 Å². The molecule has 1 N–H and O–H groups in total. The van der Waals surface area contributed by atoms with Crippen LogP contribution in [0.4, 0.5) is 10.5 Å². The molecule has 1 spiro atoms. The van der Waals surface area contributed by atoms with E-state index in [0.717, 1.165) is 56.2 Å². The van der Waals surface area contributed by atoms with E-state index in [1.807, 2.05) is 30.9 Å². The lowest BCUT2D eigenvalue weighted by molar-refractivity contribution is -0.0596. The number of aryl methyl sites for hydroxylation is 2. The molecule has 2 aliphatic rings. The standard InChI is InChI=1S/C15H21N3O2/c1-11-3-4-13(12(2)16-11)17-14(19)18-9-15(10-18)5-7-20-8-6-15/h3-4H,5-10H2,1-2H3,(H,17,19). The van der Waals surface area contributed by atoms with E-state index in [-0.39, 0.29) is 6.03 Å². The number of pyridine rings is 1. The van der Waals surface area contributed by atoms with Crippen LogP contribution in [0.2, 0.25) is 0 Å². The molecular weight excluding hydrogens is 254 g/mol. The van der Waals surface area contributed by atoms with E-state index in [9.17, 15) is 4.79 Å². The molecule has 2 amide bonds. The number of hydrogen-bond acceptors (Lipinski definition) is 3. The number of carbonyl (C=O) groups is 1. The molecule has 1 aromatic rings. The van der Waals surface area contributed by atoms with Gasteiger partial charge in [-0.05, 0) is 38.8 Å².